The van der Waals surface area contributed by atoms with Crippen LogP contribution in [0, 0.1) is 6.92 Å². The summed E-state index contributed by atoms with van der Waals surface area (Å²) in [6.45, 7) is 1.83. The van der Waals surface area contributed by atoms with Gasteiger partial charge in [0.25, 0.3) is 5.91 Å². The third-order valence-corrected chi connectivity index (χ3v) is 2.00. The second kappa shape index (κ2) is 3.10. The van der Waals surface area contributed by atoms with Gasteiger partial charge >= 0.3 is 0 Å². The Kier molecular flexibility index (Phi) is 1.92. The van der Waals surface area contributed by atoms with Crippen molar-refractivity contribution in [2.75, 3.05) is 7.05 Å². The monoisotopic (exact) mass is 190 g/mol. The van der Waals surface area contributed by atoms with Gasteiger partial charge in [0.2, 0.25) is 0 Å². The Morgan fingerprint density at radius 1 is 1.57 bits per heavy atom. The van der Waals surface area contributed by atoms with Crippen molar-refractivity contribution < 1.29 is 4.79 Å². The van der Waals surface area contributed by atoms with Gasteiger partial charge in [0.1, 0.15) is 5.69 Å². The number of hydrogen-bond donors (Lipinski definition) is 1. The topological polar surface area (TPSA) is 59.3 Å². The fourth-order valence-corrected chi connectivity index (χ4v) is 1.33. The Hall–Kier alpha value is -1.91. The maximum absolute atomic E-state index is 11.3. The Labute approximate surface area is 80.8 Å². The number of aryl methyl sites for hydroxylation is 1. The molecule has 0 atom stereocenters. The van der Waals surface area contributed by atoms with E-state index in [1.165, 1.54) is 0 Å². The van der Waals surface area contributed by atoms with Crippen molar-refractivity contribution in [3.05, 3.63) is 30.0 Å². The fraction of sp³-hybridized carbons (Fsp3) is 0.222. The Bertz CT molecular complexity index is 489. The number of hydrogen-bond acceptors (Lipinski definition) is 3. The quantitative estimate of drug-likeness (QED) is 0.708. The molecule has 0 fully saturated rings. The van der Waals surface area contributed by atoms with Gasteiger partial charge in [-0.1, -0.05) is 0 Å². The highest BCUT2D eigenvalue weighted by molar-refractivity contribution is 5.92. The number of nitrogens with one attached hydrogen (secondary N) is 1. The predicted octanol–water partition coefficient (Wildman–Crippen LogP) is 0.397. The van der Waals surface area contributed by atoms with Crippen LogP contribution in [0.2, 0.25) is 0 Å². The van der Waals surface area contributed by atoms with Gasteiger partial charge < -0.3 is 9.72 Å². The first-order valence-electron chi connectivity index (χ1n) is 4.25. The zero-order valence-electron chi connectivity index (χ0n) is 7.98. The molecule has 2 heterocycles. The van der Waals surface area contributed by atoms with Crippen LogP contribution in [0.3, 0.4) is 0 Å². The molecule has 0 spiro atoms. The van der Waals surface area contributed by atoms with Crippen molar-refractivity contribution in [1.82, 2.24) is 19.7 Å². The molecule has 72 valence electrons. The number of amides is 1. The first-order valence-corrected chi connectivity index (χ1v) is 4.25. The number of carbonyl (C=O) groups is 1. The van der Waals surface area contributed by atoms with Crippen LogP contribution in [0.25, 0.3) is 5.65 Å². The van der Waals surface area contributed by atoms with E-state index in [-0.39, 0.29) is 5.91 Å². The summed E-state index contributed by atoms with van der Waals surface area (Å²) in [5.74, 6) is -0.191. The Balaban J connectivity index is 2.64. The normalized spacial score (nSPS) is 10.4. The standard InChI is InChI=1S/C9H10N4O/c1-6-8-11-3-4-13(8)5-7(12-6)9(14)10-2/h3-5H,1-2H3,(H,10,14). The number of imidazole rings is 1. The van der Waals surface area contributed by atoms with Gasteiger partial charge in [0, 0.05) is 25.6 Å². The van der Waals surface area contributed by atoms with Crippen molar-refractivity contribution in [3.8, 4) is 0 Å². The summed E-state index contributed by atoms with van der Waals surface area (Å²) in [7, 11) is 1.58. The van der Waals surface area contributed by atoms with Crippen molar-refractivity contribution in [3.63, 3.8) is 0 Å². The van der Waals surface area contributed by atoms with Gasteiger partial charge in [-0.3, -0.25) is 4.79 Å². The molecule has 1 N–H and O–H groups in total. The molecular formula is C9H10N4O. The summed E-state index contributed by atoms with van der Waals surface area (Å²) < 4.78 is 1.78. The molecule has 1 amide bonds. The van der Waals surface area contributed by atoms with Crippen LogP contribution < -0.4 is 5.32 Å². The molecule has 14 heavy (non-hydrogen) atoms. The van der Waals surface area contributed by atoms with Crippen LogP contribution in [0.5, 0.6) is 0 Å². The molecule has 0 radical (unpaired) electrons. The molecule has 5 nitrogen and oxygen atoms in total. The van der Waals surface area contributed by atoms with E-state index in [1.807, 2.05) is 6.92 Å². The minimum atomic E-state index is -0.191. The lowest BCUT2D eigenvalue weighted by atomic mass is 10.4. The number of fused-ring (bicyclic) bond motifs is 1. The first-order chi connectivity index (χ1) is 6.72. The van der Waals surface area contributed by atoms with Crippen LogP contribution in [0.15, 0.2) is 18.6 Å². The maximum atomic E-state index is 11.3. The maximum Gasteiger partial charge on any atom is 0.271 e. The highest BCUT2D eigenvalue weighted by Gasteiger charge is 2.08. The highest BCUT2D eigenvalue weighted by Crippen LogP contribution is 2.06. The molecule has 0 unspecified atom stereocenters. The molecule has 0 bridgehead atoms. The molecule has 0 saturated heterocycles. The molecule has 5 heteroatoms. The zero-order chi connectivity index (χ0) is 10.1. The SMILES string of the molecule is CNC(=O)c1cn2ccnc2c(C)n1. The molecule has 0 aliphatic rings. The smallest absolute Gasteiger partial charge is 0.271 e. The van der Waals surface area contributed by atoms with Crippen LogP contribution >= 0.6 is 0 Å². The predicted molar refractivity (Wildman–Crippen MR) is 51.1 cm³/mol. The average molecular weight is 190 g/mol. The summed E-state index contributed by atoms with van der Waals surface area (Å²) >= 11 is 0. The van der Waals surface area contributed by atoms with Gasteiger partial charge in [-0.05, 0) is 6.92 Å². The van der Waals surface area contributed by atoms with Crippen LogP contribution in [-0.4, -0.2) is 27.3 Å². The largest absolute Gasteiger partial charge is 0.354 e. The Morgan fingerprint density at radius 3 is 3.07 bits per heavy atom. The average Bonchev–Trinajstić information content (AvgIpc) is 2.64. The number of carbonyl (C=O) groups excluding carboxylic acids is 1. The molecule has 0 aliphatic carbocycles. The van der Waals surface area contributed by atoms with Crippen LogP contribution in [0.1, 0.15) is 16.2 Å². The van der Waals surface area contributed by atoms with E-state index in [2.05, 4.69) is 15.3 Å². The van der Waals surface area contributed by atoms with Crippen molar-refractivity contribution in [2.45, 2.75) is 6.92 Å². The van der Waals surface area contributed by atoms with E-state index in [9.17, 15) is 4.79 Å². The van der Waals surface area contributed by atoms with Crippen LogP contribution in [0.4, 0.5) is 0 Å². The summed E-state index contributed by atoms with van der Waals surface area (Å²) in [5.41, 5.74) is 1.92. The summed E-state index contributed by atoms with van der Waals surface area (Å²) in [6.07, 6.45) is 5.13. The van der Waals surface area contributed by atoms with E-state index in [0.717, 1.165) is 11.3 Å². The third-order valence-electron chi connectivity index (χ3n) is 2.00. The third kappa shape index (κ3) is 1.22. The van der Waals surface area contributed by atoms with Gasteiger partial charge in [-0.2, -0.15) is 0 Å². The molecular weight excluding hydrogens is 180 g/mol. The second-order valence-corrected chi connectivity index (χ2v) is 2.95. The molecule has 0 aliphatic heterocycles. The van der Waals surface area contributed by atoms with Gasteiger partial charge in [-0.15, -0.1) is 0 Å². The minimum Gasteiger partial charge on any atom is -0.354 e. The van der Waals surface area contributed by atoms with E-state index < -0.39 is 0 Å². The zero-order valence-corrected chi connectivity index (χ0v) is 7.98. The fourth-order valence-electron chi connectivity index (χ4n) is 1.33. The van der Waals surface area contributed by atoms with Crippen LogP contribution in [-0.2, 0) is 0 Å². The number of nitrogens with zero attached hydrogens (tertiary/aromatic N) is 3. The van der Waals surface area contributed by atoms with Crippen molar-refractivity contribution in [1.29, 1.82) is 0 Å². The van der Waals surface area contributed by atoms with Gasteiger partial charge in [0.15, 0.2) is 5.65 Å². The first kappa shape index (κ1) is 8.68. The van der Waals surface area contributed by atoms with E-state index in [4.69, 9.17) is 0 Å². The number of rotatable bonds is 1. The van der Waals surface area contributed by atoms with E-state index >= 15 is 0 Å². The highest BCUT2D eigenvalue weighted by atomic mass is 16.1. The lowest BCUT2D eigenvalue weighted by Gasteiger charge is -2.02. The molecule has 2 aromatic heterocycles. The van der Waals surface area contributed by atoms with Gasteiger partial charge in [0.05, 0.1) is 5.69 Å². The summed E-state index contributed by atoms with van der Waals surface area (Å²) in [6, 6.07) is 0. The molecule has 2 rings (SSSR count). The Morgan fingerprint density at radius 2 is 2.36 bits per heavy atom. The van der Waals surface area contributed by atoms with E-state index in [1.54, 1.807) is 30.0 Å². The van der Waals surface area contributed by atoms with E-state index in [0.29, 0.717) is 5.69 Å². The molecule has 0 saturated carbocycles. The summed E-state index contributed by atoms with van der Waals surface area (Å²) in [5, 5.41) is 2.53. The summed E-state index contributed by atoms with van der Waals surface area (Å²) in [4.78, 5) is 19.6. The van der Waals surface area contributed by atoms with Crippen molar-refractivity contribution >= 4 is 11.6 Å². The second-order valence-electron chi connectivity index (χ2n) is 2.95. The lowest BCUT2D eigenvalue weighted by molar-refractivity contribution is 0.0957. The minimum absolute atomic E-state index is 0.191. The molecule has 0 aromatic carbocycles. The van der Waals surface area contributed by atoms with Crippen molar-refractivity contribution in [2.24, 2.45) is 0 Å². The van der Waals surface area contributed by atoms with Gasteiger partial charge in [-0.25, -0.2) is 9.97 Å². The lowest BCUT2D eigenvalue weighted by Crippen LogP contribution is -2.20. The molecule has 2 aromatic rings. The number of aromatic nitrogens is 3.